The van der Waals surface area contributed by atoms with Crippen LogP contribution < -0.4 is 10.1 Å². The van der Waals surface area contributed by atoms with Crippen molar-refractivity contribution in [3.63, 3.8) is 0 Å². The zero-order valence-corrected chi connectivity index (χ0v) is 23.6. The number of carbonyl (C=O) groups is 3. The summed E-state index contributed by atoms with van der Waals surface area (Å²) in [7, 11) is 0. The highest BCUT2D eigenvalue weighted by Crippen LogP contribution is 2.29. The molecule has 8 heteroatoms. The van der Waals surface area contributed by atoms with Gasteiger partial charge in [0.15, 0.2) is 0 Å². The number of ether oxygens (including phenoxy) is 1. The Hall–Kier alpha value is -2.87. The Labute approximate surface area is 233 Å². The van der Waals surface area contributed by atoms with E-state index in [9.17, 15) is 14.4 Å². The van der Waals surface area contributed by atoms with Gasteiger partial charge in [0.2, 0.25) is 17.7 Å². The van der Waals surface area contributed by atoms with E-state index >= 15 is 0 Å². The normalized spacial score (nSPS) is 23.2. The van der Waals surface area contributed by atoms with E-state index < -0.39 is 0 Å². The number of benzene rings is 1. The van der Waals surface area contributed by atoms with Crippen LogP contribution in [0.25, 0.3) is 0 Å². The molecule has 3 aliphatic heterocycles. The van der Waals surface area contributed by atoms with Gasteiger partial charge in [-0.25, -0.2) is 0 Å². The highest BCUT2D eigenvalue weighted by atomic mass is 16.5. The number of nitrogens with one attached hydrogen (secondary N) is 1. The Morgan fingerprint density at radius 2 is 1.90 bits per heavy atom. The van der Waals surface area contributed by atoms with Gasteiger partial charge in [0, 0.05) is 51.1 Å². The third-order valence-electron chi connectivity index (χ3n) is 8.28. The molecule has 2 atom stereocenters. The summed E-state index contributed by atoms with van der Waals surface area (Å²) in [4.78, 5) is 45.4. The van der Waals surface area contributed by atoms with E-state index in [-0.39, 0.29) is 36.1 Å². The fourth-order valence-electron chi connectivity index (χ4n) is 5.93. The van der Waals surface area contributed by atoms with Gasteiger partial charge >= 0.3 is 0 Å². The first-order valence-corrected chi connectivity index (χ1v) is 15.0. The second-order valence-corrected chi connectivity index (χ2v) is 11.2. The summed E-state index contributed by atoms with van der Waals surface area (Å²) in [6, 6.07) is 7.75. The molecule has 1 aromatic carbocycles. The Balaban J connectivity index is 1.42. The van der Waals surface area contributed by atoms with Crippen molar-refractivity contribution in [1.82, 2.24) is 20.0 Å². The van der Waals surface area contributed by atoms with Gasteiger partial charge in [-0.15, -0.1) is 0 Å². The number of para-hydroxylation sites is 1. The maximum atomic E-state index is 13.5. The standard InChI is InChI=1S/C31H46N4O4/c1-2-3-4-13-30(37)35-23-27-10-5-6-12-28(27)39-20-9-11-26-22-34(31(38)24-35)18-14-25(26)21-29(36)32-15-19-33-16-7-8-17-33/h5-6,9-12,25-26H,2-4,7-8,13-24H2,1H3,(H,32,36)/b11-9-/t25-,26-/m0/s1. The number of nitrogens with zero attached hydrogens (tertiary/aromatic N) is 3. The summed E-state index contributed by atoms with van der Waals surface area (Å²) >= 11 is 0. The molecule has 3 heterocycles. The lowest BCUT2D eigenvalue weighted by Gasteiger charge is -2.38. The Bertz CT molecular complexity index is 991. The van der Waals surface area contributed by atoms with Crippen molar-refractivity contribution in [1.29, 1.82) is 0 Å². The second-order valence-electron chi connectivity index (χ2n) is 11.2. The molecule has 2 fully saturated rings. The van der Waals surface area contributed by atoms with Crippen molar-refractivity contribution in [2.75, 3.05) is 52.4 Å². The molecule has 4 rings (SSSR count). The summed E-state index contributed by atoms with van der Waals surface area (Å²) in [6.45, 7) is 7.97. The first-order chi connectivity index (χ1) is 19.0. The smallest absolute Gasteiger partial charge is 0.242 e. The van der Waals surface area contributed by atoms with Crippen LogP contribution in [0, 0.1) is 11.8 Å². The molecular weight excluding hydrogens is 492 g/mol. The summed E-state index contributed by atoms with van der Waals surface area (Å²) < 4.78 is 6.10. The molecule has 3 aliphatic rings. The number of hydrogen-bond acceptors (Lipinski definition) is 5. The van der Waals surface area contributed by atoms with Gasteiger partial charge in [0.1, 0.15) is 18.9 Å². The zero-order chi connectivity index (χ0) is 27.5. The largest absolute Gasteiger partial charge is 0.489 e. The molecule has 2 bridgehead atoms. The Morgan fingerprint density at radius 1 is 1.08 bits per heavy atom. The number of unbranched alkanes of at least 4 members (excludes halogenated alkanes) is 2. The first kappa shape index (κ1) is 29.1. The van der Waals surface area contributed by atoms with E-state index in [0.29, 0.717) is 45.6 Å². The van der Waals surface area contributed by atoms with Gasteiger partial charge in [0.25, 0.3) is 0 Å². The van der Waals surface area contributed by atoms with Crippen molar-refractivity contribution in [2.24, 2.45) is 11.8 Å². The molecule has 8 nitrogen and oxygen atoms in total. The van der Waals surface area contributed by atoms with Crippen molar-refractivity contribution in [2.45, 2.75) is 64.8 Å². The van der Waals surface area contributed by atoms with Gasteiger partial charge in [0.05, 0.1) is 0 Å². The molecule has 0 radical (unpaired) electrons. The third kappa shape index (κ3) is 8.82. The van der Waals surface area contributed by atoms with Gasteiger partial charge in [-0.1, -0.05) is 50.1 Å². The van der Waals surface area contributed by atoms with E-state index in [4.69, 9.17) is 4.74 Å². The average molecular weight is 539 g/mol. The topological polar surface area (TPSA) is 82.2 Å². The SMILES string of the molecule is CCCCCC(=O)N1CC(=O)N2CC[C@@H](CC(=O)NCCN3CCCC3)[C@@H](/C=C\COc3ccccc3C1)C2. The van der Waals surface area contributed by atoms with E-state index in [0.717, 1.165) is 56.6 Å². The number of carbonyl (C=O) groups excluding carboxylic acids is 3. The van der Waals surface area contributed by atoms with Gasteiger partial charge in [-0.05, 0) is 56.7 Å². The summed E-state index contributed by atoms with van der Waals surface area (Å²) in [6.07, 6.45) is 11.2. The van der Waals surface area contributed by atoms with Crippen LogP contribution >= 0.6 is 0 Å². The predicted octanol–water partition coefficient (Wildman–Crippen LogP) is 3.61. The van der Waals surface area contributed by atoms with Crippen LogP contribution in [0.2, 0.25) is 0 Å². The molecule has 0 saturated carbocycles. The van der Waals surface area contributed by atoms with Crippen molar-refractivity contribution in [3.05, 3.63) is 42.0 Å². The predicted molar refractivity (Wildman–Crippen MR) is 152 cm³/mol. The van der Waals surface area contributed by atoms with Gasteiger partial charge in [-0.2, -0.15) is 0 Å². The Morgan fingerprint density at radius 3 is 2.72 bits per heavy atom. The molecule has 214 valence electrons. The fraction of sp³-hybridized carbons (Fsp3) is 0.645. The summed E-state index contributed by atoms with van der Waals surface area (Å²) in [5.74, 6) is 1.04. The molecule has 1 aromatic rings. The van der Waals surface area contributed by atoms with Crippen molar-refractivity contribution in [3.8, 4) is 5.75 Å². The minimum Gasteiger partial charge on any atom is -0.489 e. The van der Waals surface area contributed by atoms with Crippen LogP contribution in [0.5, 0.6) is 5.75 Å². The summed E-state index contributed by atoms with van der Waals surface area (Å²) in [5, 5.41) is 3.11. The molecule has 2 saturated heterocycles. The number of rotatable bonds is 9. The highest BCUT2D eigenvalue weighted by Gasteiger charge is 2.32. The summed E-state index contributed by atoms with van der Waals surface area (Å²) in [5.41, 5.74) is 0.906. The molecule has 0 spiro atoms. The molecule has 0 aromatic heterocycles. The van der Waals surface area contributed by atoms with E-state index in [1.165, 1.54) is 12.8 Å². The van der Waals surface area contributed by atoms with Crippen molar-refractivity contribution >= 4 is 17.7 Å². The minimum absolute atomic E-state index is 0.0108. The molecule has 39 heavy (non-hydrogen) atoms. The van der Waals surface area contributed by atoms with Crippen molar-refractivity contribution < 1.29 is 19.1 Å². The first-order valence-electron chi connectivity index (χ1n) is 15.0. The number of likely N-dealkylation sites (tertiary alicyclic amines) is 1. The Kier molecular flexibility index (Phi) is 11.2. The zero-order valence-electron chi connectivity index (χ0n) is 23.6. The van der Waals surface area contributed by atoms with E-state index in [1.54, 1.807) is 4.90 Å². The maximum absolute atomic E-state index is 13.5. The minimum atomic E-state index is -0.0246. The van der Waals surface area contributed by atoms with E-state index in [1.807, 2.05) is 35.2 Å². The average Bonchev–Trinajstić information content (AvgIpc) is 3.45. The van der Waals surface area contributed by atoms with Crippen LogP contribution in [0.1, 0.15) is 63.9 Å². The lowest BCUT2D eigenvalue weighted by molar-refractivity contribution is -0.142. The van der Waals surface area contributed by atoms with Crippen LogP contribution in [-0.4, -0.2) is 84.8 Å². The highest BCUT2D eigenvalue weighted by molar-refractivity contribution is 5.85. The fourth-order valence-corrected chi connectivity index (χ4v) is 5.93. The number of piperidine rings is 1. The van der Waals surface area contributed by atoms with Gasteiger partial charge < -0.3 is 24.8 Å². The number of hydrogen-bond donors (Lipinski definition) is 1. The van der Waals surface area contributed by atoms with Crippen LogP contribution in [-0.2, 0) is 20.9 Å². The molecule has 3 amide bonds. The number of fused-ring (bicyclic) bond motifs is 3. The quantitative estimate of drug-likeness (QED) is 0.384. The monoisotopic (exact) mass is 538 g/mol. The lowest BCUT2D eigenvalue weighted by atomic mass is 9.82. The third-order valence-corrected chi connectivity index (χ3v) is 8.28. The maximum Gasteiger partial charge on any atom is 0.242 e. The molecule has 0 aliphatic carbocycles. The number of amides is 3. The van der Waals surface area contributed by atoms with Crippen LogP contribution in [0.15, 0.2) is 36.4 Å². The van der Waals surface area contributed by atoms with E-state index in [2.05, 4.69) is 23.2 Å². The van der Waals surface area contributed by atoms with Crippen LogP contribution in [0.4, 0.5) is 0 Å². The second kappa shape index (κ2) is 15.1. The molecule has 0 unspecified atom stereocenters. The molecular formula is C31H46N4O4. The van der Waals surface area contributed by atoms with Gasteiger partial charge in [-0.3, -0.25) is 14.4 Å². The lowest BCUT2D eigenvalue weighted by Crippen LogP contribution is -2.48. The van der Waals surface area contributed by atoms with Crippen LogP contribution in [0.3, 0.4) is 0 Å². The molecule has 1 N–H and O–H groups in total.